The summed E-state index contributed by atoms with van der Waals surface area (Å²) in [5.41, 5.74) is 0. The van der Waals surface area contributed by atoms with E-state index >= 15 is 0 Å². The number of rotatable bonds is 5. The third-order valence-electron chi connectivity index (χ3n) is 0.936. The largest absolute Gasteiger partial charge is 0.432 e. The first-order chi connectivity index (χ1) is 5.31. The maximum atomic E-state index is 10.4. The number of methoxy groups -OCH3 is 1. The number of hydrogen-bond donors (Lipinski definition) is 0. The topological polar surface area (TPSA) is 35.5 Å². The molecule has 0 saturated heterocycles. The quantitative estimate of drug-likeness (QED) is 0.260. The van der Waals surface area contributed by atoms with Gasteiger partial charge in [0, 0.05) is 19.8 Å². The average molecular weight is 156 g/mol. The molecule has 0 aliphatic carbocycles. The fourth-order valence-corrected chi connectivity index (χ4v) is 0.417. The predicted molar refractivity (Wildman–Crippen MR) is 41.9 cm³/mol. The van der Waals surface area contributed by atoms with E-state index in [9.17, 15) is 4.79 Å². The van der Waals surface area contributed by atoms with Crippen LogP contribution in [0, 0.1) is 0 Å². The molecule has 0 unspecified atom stereocenters. The molecule has 11 heavy (non-hydrogen) atoms. The maximum Gasteiger partial charge on any atom is 0.334 e. The number of esters is 1. The number of carbonyl (C=O) groups is 1. The molecule has 0 radical (unpaired) electrons. The Morgan fingerprint density at radius 3 is 2.91 bits per heavy atom. The molecule has 0 amide bonds. The minimum Gasteiger partial charge on any atom is -0.432 e. The summed E-state index contributed by atoms with van der Waals surface area (Å²) >= 11 is 0. The zero-order valence-corrected chi connectivity index (χ0v) is 6.58. The van der Waals surface area contributed by atoms with Crippen LogP contribution in [-0.2, 0) is 14.3 Å². The fraction of sp³-hybridized carbons (Fsp3) is 0.375. The smallest absolute Gasteiger partial charge is 0.334 e. The highest BCUT2D eigenvalue weighted by atomic mass is 16.5. The Balaban J connectivity index is 3.29. The fourth-order valence-electron chi connectivity index (χ4n) is 0.417. The summed E-state index contributed by atoms with van der Waals surface area (Å²) in [4.78, 5) is 10.4. The number of hydrogen-bond acceptors (Lipinski definition) is 3. The van der Waals surface area contributed by atoms with E-state index in [0.717, 1.165) is 12.5 Å². The SMILES string of the molecule is C=CC(=O)OC=CCCOC. The third-order valence-corrected chi connectivity index (χ3v) is 0.936. The molecule has 0 saturated carbocycles. The van der Waals surface area contributed by atoms with E-state index in [1.165, 1.54) is 6.26 Å². The minimum atomic E-state index is -0.446. The first-order valence-corrected chi connectivity index (χ1v) is 3.28. The summed E-state index contributed by atoms with van der Waals surface area (Å²) in [6.07, 6.45) is 4.90. The van der Waals surface area contributed by atoms with Gasteiger partial charge in [0.05, 0.1) is 6.26 Å². The molecule has 0 fully saturated rings. The highest BCUT2D eigenvalue weighted by Gasteiger charge is 1.87. The van der Waals surface area contributed by atoms with Crippen molar-refractivity contribution < 1.29 is 14.3 Å². The van der Waals surface area contributed by atoms with Crippen molar-refractivity contribution in [3.8, 4) is 0 Å². The van der Waals surface area contributed by atoms with E-state index in [2.05, 4.69) is 11.3 Å². The Morgan fingerprint density at radius 2 is 2.36 bits per heavy atom. The number of ether oxygens (including phenoxy) is 2. The molecule has 62 valence electrons. The molecule has 0 aromatic carbocycles. The van der Waals surface area contributed by atoms with E-state index in [4.69, 9.17) is 4.74 Å². The molecule has 3 heteroatoms. The van der Waals surface area contributed by atoms with Crippen molar-refractivity contribution in [2.24, 2.45) is 0 Å². The lowest BCUT2D eigenvalue weighted by Gasteiger charge is -1.92. The summed E-state index contributed by atoms with van der Waals surface area (Å²) < 4.78 is 9.31. The molecule has 0 N–H and O–H groups in total. The highest BCUT2D eigenvalue weighted by molar-refractivity contribution is 5.81. The zero-order chi connectivity index (χ0) is 8.53. The summed E-state index contributed by atoms with van der Waals surface area (Å²) in [5, 5.41) is 0. The van der Waals surface area contributed by atoms with Crippen LogP contribution >= 0.6 is 0 Å². The third kappa shape index (κ3) is 6.80. The van der Waals surface area contributed by atoms with Gasteiger partial charge < -0.3 is 9.47 Å². The highest BCUT2D eigenvalue weighted by Crippen LogP contribution is 1.86. The van der Waals surface area contributed by atoms with Crippen LogP contribution in [0.15, 0.2) is 25.0 Å². The van der Waals surface area contributed by atoms with Crippen LogP contribution in [0.1, 0.15) is 6.42 Å². The van der Waals surface area contributed by atoms with Crippen molar-refractivity contribution in [3.63, 3.8) is 0 Å². The molecule has 0 aliphatic rings. The zero-order valence-electron chi connectivity index (χ0n) is 6.58. The molecular formula is C8H12O3. The molecule has 0 aromatic heterocycles. The second-order valence-electron chi connectivity index (χ2n) is 1.79. The van der Waals surface area contributed by atoms with Crippen molar-refractivity contribution in [2.45, 2.75) is 6.42 Å². The van der Waals surface area contributed by atoms with Crippen molar-refractivity contribution in [3.05, 3.63) is 25.0 Å². The van der Waals surface area contributed by atoms with Gasteiger partial charge in [-0.2, -0.15) is 0 Å². The summed E-state index contributed by atoms with van der Waals surface area (Å²) in [7, 11) is 1.61. The van der Waals surface area contributed by atoms with Gasteiger partial charge in [0.1, 0.15) is 0 Å². The van der Waals surface area contributed by atoms with Gasteiger partial charge in [0.2, 0.25) is 0 Å². The molecule has 0 aliphatic heterocycles. The molecule has 0 bridgehead atoms. The lowest BCUT2D eigenvalue weighted by atomic mass is 10.4. The summed E-state index contributed by atoms with van der Waals surface area (Å²) in [5.74, 6) is -0.446. The van der Waals surface area contributed by atoms with Crippen LogP contribution in [0.25, 0.3) is 0 Å². The van der Waals surface area contributed by atoms with Gasteiger partial charge in [-0.3, -0.25) is 0 Å². The van der Waals surface area contributed by atoms with Crippen LogP contribution in [0.3, 0.4) is 0 Å². The van der Waals surface area contributed by atoms with Crippen LogP contribution in [0.4, 0.5) is 0 Å². The van der Waals surface area contributed by atoms with Crippen molar-refractivity contribution >= 4 is 5.97 Å². The first kappa shape index (κ1) is 9.91. The Hall–Kier alpha value is -1.09. The van der Waals surface area contributed by atoms with Gasteiger partial charge in [-0.15, -0.1) is 0 Å². The van der Waals surface area contributed by atoms with Crippen LogP contribution in [0.5, 0.6) is 0 Å². The van der Waals surface area contributed by atoms with E-state index in [1.54, 1.807) is 13.2 Å². The summed E-state index contributed by atoms with van der Waals surface area (Å²) in [6, 6.07) is 0. The van der Waals surface area contributed by atoms with E-state index < -0.39 is 5.97 Å². The normalized spacial score (nSPS) is 9.91. The molecule has 0 atom stereocenters. The van der Waals surface area contributed by atoms with E-state index in [-0.39, 0.29) is 0 Å². The second kappa shape index (κ2) is 7.02. The lowest BCUT2D eigenvalue weighted by Crippen LogP contribution is -1.92. The Labute approximate surface area is 66.3 Å². The Kier molecular flexibility index (Phi) is 6.33. The van der Waals surface area contributed by atoms with Crippen LogP contribution in [0.2, 0.25) is 0 Å². The van der Waals surface area contributed by atoms with Gasteiger partial charge in [-0.1, -0.05) is 6.58 Å². The standard InChI is InChI=1S/C8H12O3/c1-3-8(9)11-7-5-4-6-10-2/h3,5,7H,1,4,6H2,2H3. The lowest BCUT2D eigenvalue weighted by molar-refractivity contribution is -0.132. The van der Waals surface area contributed by atoms with E-state index in [1.807, 2.05) is 0 Å². The molecule has 0 heterocycles. The van der Waals surface area contributed by atoms with Crippen molar-refractivity contribution in [2.75, 3.05) is 13.7 Å². The van der Waals surface area contributed by atoms with Crippen molar-refractivity contribution in [1.82, 2.24) is 0 Å². The van der Waals surface area contributed by atoms with Crippen LogP contribution in [-0.4, -0.2) is 19.7 Å². The van der Waals surface area contributed by atoms with Gasteiger partial charge in [0.25, 0.3) is 0 Å². The van der Waals surface area contributed by atoms with Crippen LogP contribution < -0.4 is 0 Å². The minimum absolute atomic E-state index is 0.446. The Morgan fingerprint density at radius 1 is 1.64 bits per heavy atom. The van der Waals surface area contributed by atoms with Gasteiger partial charge in [0.15, 0.2) is 0 Å². The van der Waals surface area contributed by atoms with Gasteiger partial charge >= 0.3 is 5.97 Å². The van der Waals surface area contributed by atoms with Crippen molar-refractivity contribution in [1.29, 1.82) is 0 Å². The molecule has 3 nitrogen and oxygen atoms in total. The maximum absolute atomic E-state index is 10.4. The monoisotopic (exact) mass is 156 g/mol. The molecule has 0 aromatic rings. The number of carbonyl (C=O) groups excluding carboxylic acids is 1. The molecule has 0 rings (SSSR count). The predicted octanol–water partition coefficient (Wildman–Crippen LogP) is 1.27. The van der Waals surface area contributed by atoms with Gasteiger partial charge in [-0.05, 0) is 12.5 Å². The average Bonchev–Trinajstić information content (AvgIpc) is 2.04. The van der Waals surface area contributed by atoms with E-state index in [0.29, 0.717) is 6.61 Å². The first-order valence-electron chi connectivity index (χ1n) is 3.28. The second-order valence-corrected chi connectivity index (χ2v) is 1.79. The Bertz CT molecular complexity index is 149. The molecular weight excluding hydrogens is 144 g/mol. The van der Waals surface area contributed by atoms with Gasteiger partial charge in [-0.25, -0.2) is 4.79 Å². The summed E-state index contributed by atoms with van der Waals surface area (Å²) in [6.45, 7) is 3.87. The molecule has 0 spiro atoms.